The van der Waals surface area contributed by atoms with Crippen molar-refractivity contribution in [1.29, 1.82) is 0 Å². The fourth-order valence-corrected chi connectivity index (χ4v) is 2.63. The average molecular weight is 274 g/mol. The molecular weight excluding hydrogens is 254 g/mol. The summed E-state index contributed by atoms with van der Waals surface area (Å²) in [4.78, 5) is 1.18. The van der Waals surface area contributed by atoms with Crippen molar-refractivity contribution in [2.75, 3.05) is 19.5 Å². The highest BCUT2D eigenvalue weighted by molar-refractivity contribution is 7.99. The van der Waals surface area contributed by atoms with Crippen molar-refractivity contribution in [3.05, 3.63) is 28.8 Å². The van der Waals surface area contributed by atoms with Crippen LogP contribution in [0.3, 0.4) is 0 Å². The number of halogens is 1. The zero-order chi connectivity index (χ0) is 12.7. The highest BCUT2D eigenvalue weighted by Crippen LogP contribution is 2.25. The molecule has 2 nitrogen and oxygen atoms in total. The Kier molecular flexibility index (Phi) is 6.97. The van der Waals surface area contributed by atoms with Gasteiger partial charge in [0.2, 0.25) is 0 Å². The SMILES string of the molecule is CCC(N)Cc1ccc(SCCOC)cc1Cl. The van der Waals surface area contributed by atoms with Crippen LogP contribution >= 0.6 is 23.4 Å². The lowest BCUT2D eigenvalue weighted by Crippen LogP contribution is -2.21. The lowest BCUT2D eigenvalue weighted by Gasteiger charge is -2.11. The second-order valence-corrected chi connectivity index (χ2v) is 5.54. The number of hydrogen-bond donors (Lipinski definition) is 1. The molecular formula is C13H20ClNOS. The number of ether oxygens (including phenoxy) is 1. The van der Waals surface area contributed by atoms with Crippen LogP contribution in [0.4, 0.5) is 0 Å². The summed E-state index contributed by atoms with van der Waals surface area (Å²) in [5.74, 6) is 0.945. The molecule has 0 heterocycles. The number of nitrogens with two attached hydrogens (primary N) is 1. The maximum absolute atomic E-state index is 6.24. The molecule has 4 heteroatoms. The van der Waals surface area contributed by atoms with Crippen molar-refractivity contribution >= 4 is 23.4 Å². The monoisotopic (exact) mass is 273 g/mol. The molecule has 17 heavy (non-hydrogen) atoms. The molecule has 1 aromatic rings. The van der Waals surface area contributed by atoms with Crippen LogP contribution in [0, 0.1) is 0 Å². The van der Waals surface area contributed by atoms with Gasteiger partial charge in [0.15, 0.2) is 0 Å². The lowest BCUT2D eigenvalue weighted by molar-refractivity contribution is 0.218. The molecule has 1 rings (SSSR count). The fourth-order valence-electron chi connectivity index (χ4n) is 1.45. The number of hydrogen-bond acceptors (Lipinski definition) is 3. The van der Waals surface area contributed by atoms with Gasteiger partial charge in [-0.3, -0.25) is 0 Å². The van der Waals surface area contributed by atoms with Crippen molar-refractivity contribution in [3.63, 3.8) is 0 Å². The fraction of sp³-hybridized carbons (Fsp3) is 0.538. The zero-order valence-electron chi connectivity index (χ0n) is 10.4. The lowest BCUT2D eigenvalue weighted by atomic mass is 10.1. The first kappa shape index (κ1) is 14.8. The maximum Gasteiger partial charge on any atom is 0.0556 e. The van der Waals surface area contributed by atoms with Crippen LogP contribution in [0.25, 0.3) is 0 Å². The van der Waals surface area contributed by atoms with E-state index in [2.05, 4.69) is 19.1 Å². The molecule has 1 aromatic carbocycles. The Morgan fingerprint density at radius 3 is 2.82 bits per heavy atom. The molecule has 0 aliphatic carbocycles. The second kappa shape index (κ2) is 7.98. The summed E-state index contributed by atoms with van der Waals surface area (Å²) < 4.78 is 5.01. The van der Waals surface area contributed by atoms with E-state index in [0.29, 0.717) is 0 Å². The Morgan fingerprint density at radius 2 is 2.24 bits per heavy atom. The maximum atomic E-state index is 6.24. The summed E-state index contributed by atoms with van der Waals surface area (Å²) in [5.41, 5.74) is 7.07. The Balaban J connectivity index is 2.59. The number of rotatable bonds is 7. The Labute approximate surface area is 113 Å². The predicted octanol–water partition coefficient (Wildman–Crippen LogP) is 3.36. The molecule has 0 fully saturated rings. The van der Waals surface area contributed by atoms with Crippen LogP contribution in [0.1, 0.15) is 18.9 Å². The molecule has 96 valence electrons. The van der Waals surface area contributed by atoms with Gasteiger partial charge in [-0.25, -0.2) is 0 Å². The number of thioether (sulfide) groups is 1. The summed E-state index contributed by atoms with van der Waals surface area (Å²) in [5, 5.41) is 0.816. The molecule has 0 aliphatic heterocycles. The molecule has 0 amide bonds. The minimum Gasteiger partial charge on any atom is -0.384 e. The summed E-state index contributed by atoms with van der Waals surface area (Å²) in [6.45, 7) is 2.85. The van der Waals surface area contributed by atoms with Gasteiger partial charge in [-0.15, -0.1) is 11.8 Å². The van der Waals surface area contributed by atoms with Crippen LogP contribution in [0.5, 0.6) is 0 Å². The smallest absolute Gasteiger partial charge is 0.0556 e. The molecule has 0 saturated heterocycles. The average Bonchev–Trinajstić information content (AvgIpc) is 2.32. The van der Waals surface area contributed by atoms with Crippen LogP contribution in [-0.2, 0) is 11.2 Å². The minimum atomic E-state index is 0.194. The molecule has 0 saturated carbocycles. The molecule has 0 aliphatic rings. The van der Waals surface area contributed by atoms with E-state index < -0.39 is 0 Å². The second-order valence-electron chi connectivity index (χ2n) is 3.97. The third-order valence-corrected chi connectivity index (χ3v) is 3.90. The van der Waals surface area contributed by atoms with Crippen molar-refractivity contribution in [2.24, 2.45) is 5.73 Å². The molecule has 1 atom stereocenters. The van der Waals surface area contributed by atoms with E-state index in [9.17, 15) is 0 Å². The van der Waals surface area contributed by atoms with E-state index in [0.717, 1.165) is 35.8 Å². The van der Waals surface area contributed by atoms with Gasteiger partial charge in [0.25, 0.3) is 0 Å². The predicted molar refractivity (Wildman–Crippen MR) is 76.0 cm³/mol. The van der Waals surface area contributed by atoms with E-state index in [-0.39, 0.29) is 6.04 Å². The van der Waals surface area contributed by atoms with E-state index in [1.54, 1.807) is 18.9 Å². The van der Waals surface area contributed by atoms with E-state index >= 15 is 0 Å². The van der Waals surface area contributed by atoms with Crippen molar-refractivity contribution in [2.45, 2.75) is 30.7 Å². The third kappa shape index (κ3) is 5.30. The summed E-state index contributed by atoms with van der Waals surface area (Å²) in [7, 11) is 1.71. The van der Waals surface area contributed by atoms with Gasteiger partial charge in [-0.2, -0.15) is 0 Å². The zero-order valence-corrected chi connectivity index (χ0v) is 12.0. The Hall–Kier alpha value is -0.220. The topological polar surface area (TPSA) is 35.2 Å². The molecule has 0 aromatic heterocycles. The summed E-state index contributed by atoms with van der Waals surface area (Å²) >= 11 is 7.99. The standard InChI is InChI=1S/C13H20ClNOS/c1-3-11(15)8-10-4-5-12(9-13(10)14)17-7-6-16-2/h4-5,9,11H,3,6-8,15H2,1-2H3. The van der Waals surface area contributed by atoms with Crippen molar-refractivity contribution in [1.82, 2.24) is 0 Å². The van der Waals surface area contributed by atoms with Crippen LogP contribution in [-0.4, -0.2) is 25.5 Å². The highest BCUT2D eigenvalue weighted by atomic mass is 35.5. The molecule has 0 bridgehead atoms. The first-order valence-electron chi connectivity index (χ1n) is 5.83. The highest BCUT2D eigenvalue weighted by Gasteiger charge is 2.06. The van der Waals surface area contributed by atoms with Gasteiger partial charge < -0.3 is 10.5 Å². The van der Waals surface area contributed by atoms with Gasteiger partial charge in [0, 0.05) is 28.8 Å². The van der Waals surface area contributed by atoms with Crippen LogP contribution < -0.4 is 5.73 Å². The van der Waals surface area contributed by atoms with Gasteiger partial charge in [-0.1, -0.05) is 24.6 Å². The number of benzene rings is 1. The van der Waals surface area contributed by atoms with E-state index in [4.69, 9.17) is 22.1 Å². The van der Waals surface area contributed by atoms with Gasteiger partial charge in [-0.05, 0) is 30.5 Å². The Morgan fingerprint density at radius 1 is 1.47 bits per heavy atom. The van der Waals surface area contributed by atoms with Crippen LogP contribution in [0.2, 0.25) is 5.02 Å². The summed E-state index contributed by atoms with van der Waals surface area (Å²) in [6, 6.07) is 6.38. The van der Waals surface area contributed by atoms with Crippen LogP contribution in [0.15, 0.2) is 23.1 Å². The molecule has 1 unspecified atom stereocenters. The summed E-state index contributed by atoms with van der Waals surface area (Å²) in [6.07, 6.45) is 1.82. The molecule has 0 radical (unpaired) electrons. The van der Waals surface area contributed by atoms with Gasteiger partial charge in [0.1, 0.15) is 0 Å². The third-order valence-electron chi connectivity index (χ3n) is 2.59. The van der Waals surface area contributed by atoms with Gasteiger partial charge in [0.05, 0.1) is 6.61 Å². The van der Waals surface area contributed by atoms with Crippen molar-refractivity contribution in [3.8, 4) is 0 Å². The van der Waals surface area contributed by atoms with Gasteiger partial charge >= 0.3 is 0 Å². The molecule has 0 spiro atoms. The van der Waals surface area contributed by atoms with E-state index in [1.165, 1.54) is 4.90 Å². The minimum absolute atomic E-state index is 0.194. The number of methoxy groups -OCH3 is 1. The molecule has 2 N–H and O–H groups in total. The first-order valence-corrected chi connectivity index (χ1v) is 7.19. The normalized spacial score (nSPS) is 12.7. The van der Waals surface area contributed by atoms with Crippen molar-refractivity contribution < 1.29 is 4.74 Å². The quantitative estimate of drug-likeness (QED) is 0.611. The first-order chi connectivity index (χ1) is 8.17. The van der Waals surface area contributed by atoms with E-state index in [1.807, 2.05) is 6.07 Å². The largest absolute Gasteiger partial charge is 0.384 e. The Bertz CT molecular complexity index is 346.